The highest BCUT2D eigenvalue weighted by Crippen LogP contribution is 2.13. The molecule has 0 aromatic heterocycles. The molecule has 0 aromatic rings. The summed E-state index contributed by atoms with van der Waals surface area (Å²) in [7, 11) is 5.94. The van der Waals surface area contributed by atoms with Crippen LogP contribution < -0.4 is 0 Å². The van der Waals surface area contributed by atoms with Crippen molar-refractivity contribution in [1.82, 2.24) is 0 Å². The van der Waals surface area contributed by atoms with Crippen molar-refractivity contribution in [3.8, 4) is 0 Å². The summed E-state index contributed by atoms with van der Waals surface area (Å²) in [5.74, 6) is -2.08. The SMILES string of the molecule is CC/C=C\C/C=C\C/C=C\C/C=C\C/C=C\C/C=C\C/C=C\C/C=C\C/C=C\C/C=C\CCCCCCCCC(=O)OC(COC(=O)CCCCCC/C=C\C/C=C\C/C=C\C/C=C\CC)COC(OCC[N+](C)(C)C)C(=O)O. The molecule has 0 aromatic carbocycles. The number of unbranched alkanes of at least 4 members (excludes halogenated alkanes) is 10. The highest BCUT2D eigenvalue weighted by atomic mass is 16.7. The predicted molar refractivity (Wildman–Crippen MR) is 336 cm³/mol. The molecule has 0 rings (SSSR count). The lowest BCUT2D eigenvalue weighted by Crippen LogP contribution is -2.40. The van der Waals surface area contributed by atoms with Gasteiger partial charge in [-0.15, -0.1) is 0 Å². The largest absolute Gasteiger partial charge is 0.477 e. The molecule has 0 heterocycles. The van der Waals surface area contributed by atoms with E-state index in [1.165, 1.54) is 0 Å². The fourth-order valence-corrected chi connectivity index (χ4v) is 7.38. The lowest BCUT2D eigenvalue weighted by Gasteiger charge is -2.25. The van der Waals surface area contributed by atoms with Crippen molar-refractivity contribution in [3.63, 3.8) is 0 Å². The van der Waals surface area contributed by atoms with E-state index in [1.807, 2.05) is 21.1 Å². The van der Waals surface area contributed by atoms with E-state index < -0.39 is 24.3 Å². The molecule has 0 bridgehead atoms. The number of rotatable bonds is 53. The van der Waals surface area contributed by atoms with Gasteiger partial charge in [-0.25, -0.2) is 4.79 Å². The van der Waals surface area contributed by atoms with Gasteiger partial charge in [0, 0.05) is 12.8 Å². The zero-order chi connectivity index (χ0) is 57.6. The van der Waals surface area contributed by atoms with Crippen LogP contribution in [0.4, 0.5) is 0 Å². The van der Waals surface area contributed by atoms with Crippen LogP contribution in [0.25, 0.3) is 0 Å². The Morgan fingerprint density at radius 1 is 0.380 bits per heavy atom. The number of aliphatic carboxylic acids is 1. The third-order valence-corrected chi connectivity index (χ3v) is 12.0. The Hall–Kier alpha value is -5.35. The van der Waals surface area contributed by atoms with Gasteiger partial charge in [0.25, 0.3) is 6.29 Å². The van der Waals surface area contributed by atoms with E-state index >= 15 is 0 Å². The number of hydrogen-bond acceptors (Lipinski definition) is 7. The molecule has 0 fully saturated rings. The summed E-state index contributed by atoms with van der Waals surface area (Å²) >= 11 is 0. The van der Waals surface area contributed by atoms with Crippen LogP contribution in [0, 0.1) is 0 Å². The summed E-state index contributed by atoms with van der Waals surface area (Å²) in [5.41, 5.74) is 0. The van der Waals surface area contributed by atoms with Crippen molar-refractivity contribution in [2.45, 2.75) is 206 Å². The second-order valence-electron chi connectivity index (χ2n) is 20.5. The fourth-order valence-electron chi connectivity index (χ4n) is 7.38. The van der Waals surface area contributed by atoms with E-state index in [0.29, 0.717) is 23.9 Å². The molecule has 0 aliphatic heterocycles. The van der Waals surface area contributed by atoms with Gasteiger partial charge in [0.15, 0.2) is 6.10 Å². The third-order valence-electron chi connectivity index (χ3n) is 12.0. The number of allylic oxidation sites excluding steroid dienone is 28. The van der Waals surface area contributed by atoms with Gasteiger partial charge in [0.2, 0.25) is 0 Å². The van der Waals surface area contributed by atoms with E-state index in [2.05, 4.69) is 184 Å². The molecule has 0 saturated heterocycles. The van der Waals surface area contributed by atoms with Gasteiger partial charge in [-0.3, -0.25) is 9.59 Å². The lowest BCUT2D eigenvalue weighted by atomic mass is 10.1. The van der Waals surface area contributed by atoms with Crippen molar-refractivity contribution in [2.75, 3.05) is 47.5 Å². The van der Waals surface area contributed by atoms with Crippen LogP contribution in [0.3, 0.4) is 0 Å². The zero-order valence-electron chi connectivity index (χ0n) is 50.2. The number of carbonyl (C=O) groups is 3. The molecule has 9 nitrogen and oxygen atoms in total. The molecule has 0 saturated carbocycles. The van der Waals surface area contributed by atoms with Crippen molar-refractivity contribution < 1.29 is 42.9 Å². The Balaban J connectivity index is 4.29. The zero-order valence-corrected chi connectivity index (χ0v) is 50.2. The first-order valence-electron chi connectivity index (χ1n) is 30.3. The normalized spacial score (nSPS) is 14.0. The molecule has 0 spiro atoms. The molecule has 2 atom stereocenters. The maximum absolute atomic E-state index is 12.9. The summed E-state index contributed by atoms with van der Waals surface area (Å²) in [6.07, 6.45) is 85.8. The standard InChI is InChI=1S/C70H109NO8/c1-6-8-10-12-14-16-18-20-22-24-25-26-27-28-29-30-31-32-33-34-35-36-37-38-39-40-41-42-43-45-47-49-51-53-55-57-59-61-68(73)79-66(65-78-70(69(74)75)76-63-62-71(3,4)5)64-77-67(72)60-58-56-54-52-50-48-46-44-23-21-19-17-15-13-11-9-7-2/h8-11,14-17,20-23,25-26,28-29,31-32,34-35,37-38,40-41,43,45-46,48,66,70H,6-7,12-13,18-19,24,27,30,33,36,39,42,44,47,49-65H2,1-5H3/p+1/b10-8-,11-9-,16-14-,17-15-,22-20-,23-21-,26-25-,29-28-,32-31-,35-34-,38-37-,41-40-,45-43-,48-46-. The van der Waals surface area contributed by atoms with E-state index in [0.717, 1.165) is 154 Å². The summed E-state index contributed by atoms with van der Waals surface area (Å²) in [6, 6.07) is 0. The number of ether oxygens (including phenoxy) is 4. The molecule has 0 aliphatic carbocycles. The number of carboxylic acid groups (broad SMARTS) is 1. The Labute approximate surface area is 482 Å². The minimum Gasteiger partial charge on any atom is -0.477 e. The van der Waals surface area contributed by atoms with Crippen molar-refractivity contribution in [3.05, 3.63) is 170 Å². The second kappa shape index (κ2) is 58.8. The predicted octanol–water partition coefficient (Wildman–Crippen LogP) is 18.3. The van der Waals surface area contributed by atoms with Crippen LogP contribution in [0.15, 0.2) is 170 Å². The first-order chi connectivity index (χ1) is 38.6. The molecular formula is C70H110NO8+. The number of quaternary nitrogens is 1. The second-order valence-corrected chi connectivity index (χ2v) is 20.5. The van der Waals surface area contributed by atoms with E-state index in [1.54, 1.807) is 0 Å². The quantitative estimate of drug-likeness (QED) is 0.0211. The molecule has 0 aliphatic rings. The van der Waals surface area contributed by atoms with Crippen molar-refractivity contribution in [1.29, 1.82) is 0 Å². The van der Waals surface area contributed by atoms with Crippen LogP contribution in [0.1, 0.15) is 194 Å². The van der Waals surface area contributed by atoms with Gasteiger partial charge in [0.1, 0.15) is 13.2 Å². The van der Waals surface area contributed by atoms with Crippen LogP contribution in [-0.4, -0.2) is 87.4 Å². The van der Waals surface area contributed by atoms with Gasteiger partial charge in [0.05, 0.1) is 34.4 Å². The van der Waals surface area contributed by atoms with Gasteiger partial charge < -0.3 is 28.5 Å². The number of hydrogen-bond donors (Lipinski definition) is 1. The summed E-state index contributed by atoms with van der Waals surface area (Å²) in [6.45, 7) is 4.57. The highest BCUT2D eigenvalue weighted by molar-refractivity contribution is 5.71. The van der Waals surface area contributed by atoms with Crippen LogP contribution in [0.2, 0.25) is 0 Å². The average Bonchev–Trinajstić information content (AvgIpc) is 3.42. The number of carbonyl (C=O) groups excluding carboxylic acids is 2. The summed E-state index contributed by atoms with van der Waals surface area (Å²) in [4.78, 5) is 37.4. The number of likely N-dealkylation sites (N-methyl/N-ethyl adjacent to an activating group) is 1. The molecule has 442 valence electrons. The monoisotopic (exact) mass is 1090 g/mol. The topological polar surface area (TPSA) is 108 Å². The fraction of sp³-hybridized carbons (Fsp3) is 0.557. The number of nitrogens with zero attached hydrogens (tertiary/aromatic N) is 1. The van der Waals surface area contributed by atoms with E-state index in [9.17, 15) is 19.5 Å². The minimum absolute atomic E-state index is 0.170. The van der Waals surface area contributed by atoms with Crippen molar-refractivity contribution in [2.24, 2.45) is 0 Å². The lowest BCUT2D eigenvalue weighted by molar-refractivity contribution is -0.870. The minimum atomic E-state index is -1.53. The summed E-state index contributed by atoms with van der Waals surface area (Å²) in [5, 5.41) is 9.70. The Kier molecular flexibility index (Phi) is 54.8. The van der Waals surface area contributed by atoms with E-state index in [4.69, 9.17) is 18.9 Å². The van der Waals surface area contributed by atoms with Crippen LogP contribution >= 0.6 is 0 Å². The van der Waals surface area contributed by atoms with E-state index in [-0.39, 0.29) is 38.6 Å². The molecule has 9 heteroatoms. The van der Waals surface area contributed by atoms with Crippen LogP contribution in [0.5, 0.6) is 0 Å². The third kappa shape index (κ3) is 60.1. The Morgan fingerprint density at radius 2 is 0.684 bits per heavy atom. The maximum Gasteiger partial charge on any atom is 0.361 e. The van der Waals surface area contributed by atoms with Crippen LogP contribution in [-0.2, 0) is 33.3 Å². The molecule has 0 amide bonds. The first-order valence-corrected chi connectivity index (χ1v) is 30.3. The van der Waals surface area contributed by atoms with Gasteiger partial charge in [-0.1, -0.05) is 223 Å². The highest BCUT2D eigenvalue weighted by Gasteiger charge is 2.25. The molecule has 2 unspecified atom stereocenters. The number of esters is 2. The summed E-state index contributed by atoms with van der Waals surface area (Å²) < 4.78 is 22.8. The molecule has 0 radical (unpaired) electrons. The van der Waals surface area contributed by atoms with Crippen molar-refractivity contribution >= 4 is 17.9 Å². The van der Waals surface area contributed by atoms with Gasteiger partial charge in [-0.2, -0.15) is 0 Å². The Bertz CT molecular complexity index is 1900. The molecular weight excluding hydrogens is 983 g/mol. The first kappa shape index (κ1) is 73.7. The molecule has 79 heavy (non-hydrogen) atoms. The smallest absolute Gasteiger partial charge is 0.361 e. The van der Waals surface area contributed by atoms with Gasteiger partial charge >= 0.3 is 17.9 Å². The Morgan fingerprint density at radius 3 is 1.01 bits per heavy atom. The van der Waals surface area contributed by atoms with Gasteiger partial charge in [-0.05, 0) is 128 Å². The maximum atomic E-state index is 12.9. The molecule has 1 N–H and O–H groups in total. The average molecular weight is 1090 g/mol. The number of carboxylic acids is 1.